The lowest BCUT2D eigenvalue weighted by atomic mass is 9.86. The number of rotatable bonds is 5. The van der Waals surface area contributed by atoms with Crippen LogP contribution in [0.2, 0.25) is 18.6 Å². The Labute approximate surface area is 149 Å². The lowest BCUT2D eigenvalue weighted by Gasteiger charge is -2.28. The summed E-state index contributed by atoms with van der Waals surface area (Å²) >= 11 is 0. The van der Waals surface area contributed by atoms with E-state index in [1.54, 1.807) is 0 Å². The number of hydroxylamine groups is 2. The van der Waals surface area contributed by atoms with Crippen LogP contribution < -0.4 is 0 Å². The molecule has 1 aromatic rings. The summed E-state index contributed by atoms with van der Waals surface area (Å²) in [4.78, 5) is 24.7. The summed E-state index contributed by atoms with van der Waals surface area (Å²) in [6, 6.07) is 10.3. The van der Waals surface area contributed by atoms with Crippen LogP contribution >= 0.6 is 0 Å². The van der Waals surface area contributed by atoms with E-state index in [2.05, 4.69) is 25.2 Å². The molecule has 4 rings (SSSR count). The fourth-order valence-corrected chi connectivity index (χ4v) is 7.50. The molecule has 3 aliphatic rings. The van der Waals surface area contributed by atoms with Crippen LogP contribution in [0, 0.1) is 0 Å². The SMILES string of the molecule is CCOC(=O)[C@@]12[C@H]3CON1O[C@H](CCc1ccccc1)[C@@H]2O[Si]3(C)C. The zero-order valence-electron chi connectivity index (χ0n) is 14.9. The molecule has 136 valence electrons. The van der Waals surface area contributed by atoms with Crippen molar-refractivity contribution < 1.29 is 23.6 Å². The Hall–Kier alpha value is -1.25. The molecule has 0 bridgehead atoms. The third-order valence-corrected chi connectivity index (χ3v) is 8.77. The summed E-state index contributed by atoms with van der Waals surface area (Å²) in [5.41, 5.74) is 0.327. The van der Waals surface area contributed by atoms with Crippen molar-refractivity contribution in [1.82, 2.24) is 5.23 Å². The van der Waals surface area contributed by atoms with E-state index in [9.17, 15) is 4.79 Å². The Kier molecular flexibility index (Phi) is 4.24. The molecule has 0 amide bonds. The topological polar surface area (TPSA) is 57.2 Å². The Morgan fingerprint density at radius 1 is 1.36 bits per heavy atom. The molecule has 0 radical (unpaired) electrons. The quantitative estimate of drug-likeness (QED) is 0.592. The zero-order chi connectivity index (χ0) is 17.7. The Bertz CT molecular complexity index is 654. The molecule has 3 heterocycles. The van der Waals surface area contributed by atoms with Crippen molar-refractivity contribution in [3.63, 3.8) is 0 Å². The van der Waals surface area contributed by atoms with Gasteiger partial charge in [0.2, 0.25) is 5.54 Å². The zero-order valence-corrected chi connectivity index (χ0v) is 15.9. The van der Waals surface area contributed by atoms with Gasteiger partial charge in [-0.05, 0) is 43.6 Å². The molecular formula is C18H25NO5Si. The highest BCUT2D eigenvalue weighted by Gasteiger charge is 2.78. The molecule has 6 nitrogen and oxygen atoms in total. The van der Waals surface area contributed by atoms with Crippen molar-refractivity contribution in [1.29, 1.82) is 0 Å². The molecule has 7 heteroatoms. The first kappa shape index (κ1) is 17.2. The lowest BCUT2D eigenvalue weighted by Crippen LogP contribution is -2.54. The fourth-order valence-electron chi connectivity index (χ4n) is 4.43. The number of benzene rings is 1. The summed E-state index contributed by atoms with van der Waals surface area (Å²) in [6.07, 6.45) is 1.10. The maximum Gasteiger partial charge on any atom is 0.334 e. The number of carbonyl (C=O) groups is 1. The predicted molar refractivity (Wildman–Crippen MR) is 92.9 cm³/mol. The lowest BCUT2D eigenvalue weighted by molar-refractivity contribution is -0.355. The van der Waals surface area contributed by atoms with E-state index in [1.165, 1.54) is 10.8 Å². The number of aryl methyl sites for hydroxylation is 1. The maximum absolute atomic E-state index is 12.9. The van der Waals surface area contributed by atoms with Crippen molar-refractivity contribution in [2.45, 2.75) is 56.1 Å². The molecule has 0 aliphatic carbocycles. The van der Waals surface area contributed by atoms with Gasteiger partial charge in [0.25, 0.3) is 0 Å². The van der Waals surface area contributed by atoms with Gasteiger partial charge in [0.1, 0.15) is 12.2 Å². The van der Waals surface area contributed by atoms with Gasteiger partial charge in [-0.1, -0.05) is 30.3 Å². The third kappa shape index (κ3) is 2.49. The molecule has 25 heavy (non-hydrogen) atoms. The molecular weight excluding hydrogens is 338 g/mol. The fraction of sp³-hybridized carbons (Fsp3) is 0.611. The molecule has 3 aliphatic heterocycles. The van der Waals surface area contributed by atoms with Gasteiger partial charge < -0.3 is 9.16 Å². The summed E-state index contributed by atoms with van der Waals surface area (Å²) in [7, 11) is -2.09. The molecule has 1 aromatic carbocycles. The third-order valence-electron chi connectivity index (χ3n) is 5.63. The van der Waals surface area contributed by atoms with Crippen LogP contribution in [-0.4, -0.2) is 50.5 Å². The van der Waals surface area contributed by atoms with E-state index in [1.807, 2.05) is 25.1 Å². The Morgan fingerprint density at radius 3 is 2.84 bits per heavy atom. The second kappa shape index (κ2) is 6.17. The maximum atomic E-state index is 12.9. The van der Waals surface area contributed by atoms with Gasteiger partial charge in [0.15, 0.2) is 8.32 Å². The average molecular weight is 363 g/mol. The summed E-state index contributed by atoms with van der Waals surface area (Å²) in [6.45, 7) is 6.92. The van der Waals surface area contributed by atoms with E-state index < -0.39 is 13.9 Å². The van der Waals surface area contributed by atoms with Crippen LogP contribution in [0.3, 0.4) is 0 Å². The minimum absolute atomic E-state index is 0.0192. The highest BCUT2D eigenvalue weighted by atomic mass is 28.4. The molecule has 0 saturated carbocycles. The minimum atomic E-state index is -2.09. The van der Waals surface area contributed by atoms with E-state index in [-0.39, 0.29) is 23.7 Å². The second-order valence-electron chi connectivity index (χ2n) is 7.46. The largest absolute Gasteiger partial charge is 0.464 e. The molecule has 3 fully saturated rings. The van der Waals surface area contributed by atoms with Gasteiger partial charge in [-0.25, -0.2) is 4.79 Å². The summed E-state index contributed by atoms with van der Waals surface area (Å²) < 4.78 is 11.9. The van der Waals surface area contributed by atoms with Crippen molar-refractivity contribution >= 4 is 14.3 Å². The first-order chi connectivity index (χ1) is 12.0. The highest BCUT2D eigenvalue weighted by molar-refractivity contribution is 6.74. The number of ether oxygens (including phenoxy) is 1. The van der Waals surface area contributed by atoms with Crippen LogP contribution in [0.5, 0.6) is 0 Å². The minimum Gasteiger partial charge on any atom is -0.464 e. The summed E-state index contributed by atoms with van der Waals surface area (Å²) in [5, 5.41) is 1.41. The standard InChI is InChI=1S/C18H25NO5Si/c1-4-21-17(20)18-15-12-22-19(18)23-14(16(18)24-25(15,2)3)11-10-13-8-6-5-7-9-13/h5-9,14-16H,4,10-12H2,1-3H3/t14-,15-,16+,18+/m1/s1. The summed E-state index contributed by atoms with van der Waals surface area (Å²) in [5.74, 6) is -0.275. The molecule has 0 N–H and O–H groups in total. The molecule has 3 saturated heterocycles. The van der Waals surface area contributed by atoms with E-state index >= 15 is 0 Å². The normalized spacial score (nSPS) is 35.7. The van der Waals surface area contributed by atoms with E-state index in [0.29, 0.717) is 13.2 Å². The van der Waals surface area contributed by atoms with Crippen LogP contribution in [0.4, 0.5) is 0 Å². The van der Waals surface area contributed by atoms with Crippen LogP contribution in [0.15, 0.2) is 30.3 Å². The number of nitrogens with zero attached hydrogens (tertiary/aromatic N) is 1. The van der Waals surface area contributed by atoms with E-state index in [4.69, 9.17) is 18.8 Å². The first-order valence-electron chi connectivity index (χ1n) is 8.99. The van der Waals surface area contributed by atoms with Gasteiger partial charge in [-0.3, -0.25) is 9.68 Å². The second-order valence-corrected chi connectivity index (χ2v) is 11.6. The Balaban J connectivity index is 1.60. The average Bonchev–Trinajstić information content (AvgIpc) is 3.18. The van der Waals surface area contributed by atoms with Crippen molar-refractivity contribution in [2.24, 2.45) is 0 Å². The molecule has 0 aromatic heterocycles. The van der Waals surface area contributed by atoms with Crippen molar-refractivity contribution in [3.05, 3.63) is 35.9 Å². The molecule has 0 spiro atoms. The van der Waals surface area contributed by atoms with E-state index in [0.717, 1.165) is 12.8 Å². The van der Waals surface area contributed by atoms with Crippen LogP contribution in [-0.2, 0) is 30.1 Å². The number of esters is 1. The number of hydrogen-bond donors (Lipinski definition) is 0. The molecule has 4 atom stereocenters. The van der Waals surface area contributed by atoms with Gasteiger partial charge in [-0.2, -0.15) is 0 Å². The van der Waals surface area contributed by atoms with Gasteiger partial charge in [0, 0.05) is 5.54 Å². The first-order valence-corrected chi connectivity index (χ1v) is 12.0. The smallest absolute Gasteiger partial charge is 0.334 e. The Morgan fingerprint density at radius 2 is 2.12 bits per heavy atom. The van der Waals surface area contributed by atoms with Gasteiger partial charge in [0.05, 0.1) is 13.2 Å². The van der Waals surface area contributed by atoms with Gasteiger partial charge >= 0.3 is 5.97 Å². The number of carbonyl (C=O) groups excluding carboxylic acids is 1. The van der Waals surface area contributed by atoms with Crippen LogP contribution in [0.1, 0.15) is 18.9 Å². The van der Waals surface area contributed by atoms with Crippen molar-refractivity contribution in [3.8, 4) is 0 Å². The number of hydrogen-bond acceptors (Lipinski definition) is 6. The monoisotopic (exact) mass is 363 g/mol. The van der Waals surface area contributed by atoms with Crippen molar-refractivity contribution in [2.75, 3.05) is 13.2 Å². The van der Waals surface area contributed by atoms with Crippen LogP contribution in [0.25, 0.3) is 0 Å². The van der Waals surface area contributed by atoms with Gasteiger partial charge in [-0.15, -0.1) is 0 Å². The highest BCUT2D eigenvalue weighted by Crippen LogP contribution is 2.58. The predicted octanol–water partition coefficient (Wildman–Crippen LogP) is 2.46. The molecule has 0 unspecified atom stereocenters.